The number of hydroxylamine groups is 1. The Morgan fingerprint density at radius 1 is 0.870 bits per heavy atom. The maximum absolute atomic E-state index is 11.8. The number of para-hydroxylation sites is 1. The molecule has 4 heteroatoms. The Morgan fingerprint density at radius 3 is 2.26 bits per heavy atom. The molecule has 126 valence electrons. The van der Waals surface area contributed by atoms with Crippen LogP contribution in [-0.4, -0.2) is 6.09 Å². The topological polar surface area (TPSA) is 50.4 Å². The second kappa shape index (κ2) is 10.7. The summed E-state index contributed by atoms with van der Waals surface area (Å²) in [6.07, 6.45) is 13.9. The number of benzene rings is 1. The van der Waals surface area contributed by atoms with Crippen molar-refractivity contribution in [2.75, 3.05) is 5.32 Å². The van der Waals surface area contributed by atoms with Crippen LogP contribution in [0.2, 0.25) is 0 Å². The van der Waals surface area contributed by atoms with Crippen molar-refractivity contribution in [1.82, 2.24) is 5.48 Å². The maximum Gasteiger partial charge on any atom is 0.435 e. The summed E-state index contributed by atoms with van der Waals surface area (Å²) in [5.41, 5.74) is 4.59. The van der Waals surface area contributed by atoms with Crippen molar-refractivity contribution < 1.29 is 9.63 Å². The van der Waals surface area contributed by atoms with Gasteiger partial charge in [-0.1, -0.05) is 62.8 Å². The van der Waals surface area contributed by atoms with E-state index in [4.69, 9.17) is 4.84 Å². The number of rotatable bonds is 3. The highest BCUT2D eigenvalue weighted by Gasteiger charge is 2.05. The van der Waals surface area contributed by atoms with Gasteiger partial charge in [-0.15, -0.1) is 0 Å². The van der Waals surface area contributed by atoms with Crippen molar-refractivity contribution in [3.8, 4) is 0 Å². The normalized spacial score (nSPS) is 19.4. The lowest BCUT2D eigenvalue weighted by Crippen LogP contribution is -2.23. The van der Waals surface area contributed by atoms with Gasteiger partial charge in [0.05, 0.1) is 0 Å². The Bertz CT molecular complexity index is 485. The molecule has 0 heterocycles. The highest BCUT2D eigenvalue weighted by Crippen LogP contribution is 2.15. The molecular weight excluding hydrogens is 288 g/mol. The van der Waals surface area contributed by atoms with E-state index >= 15 is 0 Å². The predicted molar refractivity (Wildman–Crippen MR) is 93.9 cm³/mol. The SMILES string of the molecule is O=C(Nc1ccccc1)ON/C1=C\CCCCCCCCCC1. The number of nitrogens with one attached hydrogen (secondary N) is 2. The number of amides is 1. The average Bonchev–Trinajstić information content (AvgIpc) is 2.55. The Morgan fingerprint density at radius 2 is 1.52 bits per heavy atom. The zero-order valence-corrected chi connectivity index (χ0v) is 13.9. The van der Waals surface area contributed by atoms with E-state index in [1.807, 2.05) is 30.3 Å². The third-order valence-electron chi connectivity index (χ3n) is 4.09. The Kier molecular flexibility index (Phi) is 8.09. The van der Waals surface area contributed by atoms with Crippen LogP contribution >= 0.6 is 0 Å². The highest BCUT2D eigenvalue weighted by atomic mass is 16.7. The zero-order chi connectivity index (χ0) is 16.2. The lowest BCUT2D eigenvalue weighted by Gasteiger charge is -2.12. The molecule has 1 aromatic rings. The van der Waals surface area contributed by atoms with E-state index in [0.29, 0.717) is 0 Å². The van der Waals surface area contributed by atoms with Crippen molar-refractivity contribution in [2.24, 2.45) is 0 Å². The molecule has 4 nitrogen and oxygen atoms in total. The third kappa shape index (κ3) is 7.73. The van der Waals surface area contributed by atoms with Gasteiger partial charge in [-0.25, -0.2) is 10.3 Å². The van der Waals surface area contributed by atoms with E-state index in [1.54, 1.807) is 0 Å². The second-order valence-electron chi connectivity index (χ2n) is 6.08. The molecule has 2 N–H and O–H groups in total. The van der Waals surface area contributed by atoms with Crippen LogP contribution in [0.3, 0.4) is 0 Å². The zero-order valence-electron chi connectivity index (χ0n) is 13.9. The number of hydrogen-bond acceptors (Lipinski definition) is 3. The lowest BCUT2D eigenvalue weighted by atomic mass is 10.0. The van der Waals surface area contributed by atoms with E-state index in [0.717, 1.165) is 30.6 Å². The molecule has 1 aliphatic rings. The van der Waals surface area contributed by atoms with E-state index < -0.39 is 6.09 Å². The molecule has 0 unspecified atom stereocenters. The van der Waals surface area contributed by atoms with Crippen molar-refractivity contribution in [2.45, 2.75) is 64.2 Å². The summed E-state index contributed by atoms with van der Waals surface area (Å²) in [6.45, 7) is 0. The summed E-state index contributed by atoms with van der Waals surface area (Å²) in [4.78, 5) is 17.0. The molecular formula is C19H28N2O2. The van der Waals surface area contributed by atoms with Crippen LogP contribution in [0.25, 0.3) is 0 Å². The van der Waals surface area contributed by atoms with Crippen LogP contribution in [0.15, 0.2) is 42.1 Å². The van der Waals surface area contributed by atoms with Gasteiger partial charge in [-0.2, -0.15) is 0 Å². The van der Waals surface area contributed by atoms with Crippen molar-refractivity contribution in [3.05, 3.63) is 42.1 Å². The molecule has 1 aliphatic carbocycles. The third-order valence-corrected chi connectivity index (χ3v) is 4.09. The molecule has 1 aromatic carbocycles. The fourth-order valence-corrected chi connectivity index (χ4v) is 2.77. The predicted octanol–water partition coefficient (Wildman–Crippen LogP) is 5.54. The minimum absolute atomic E-state index is 0.483. The van der Waals surface area contributed by atoms with Gasteiger partial charge < -0.3 is 4.84 Å². The fraction of sp³-hybridized carbons (Fsp3) is 0.526. The van der Waals surface area contributed by atoms with Crippen molar-refractivity contribution in [1.29, 1.82) is 0 Å². The molecule has 0 aromatic heterocycles. The fourth-order valence-electron chi connectivity index (χ4n) is 2.77. The molecule has 0 spiro atoms. The Hall–Kier alpha value is -1.97. The number of carbonyl (C=O) groups is 1. The molecule has 0 saturated heterocycles. The first-order valence-electron chi connectivity index (χ1n) is 8.82. The smallest absolute Gasteiger partial charge is 0.324 e. The van der Waals surface area contributed by atoms with Crippen LogP contribution in [0, 0.1) is 0 Å². The first-order valence-corrected chi connectivity index (χ1v) is 8.82. The molecule has 1 amide bonds. The van der Waals surface area contributed by atoms with Crippen molar-refractivity contribution in [3.63, 3.8) is 0 Å². The quantitative estimate of drug-likeness (QED) is 0.720. The largest absolute Gasteiger partial charge is 0.435 e. The Labute approximate surface area is 139 Å². The standard InChI is InChI=1S/C19H28N2O2/c22-19(20-17-13-11-8-12-14-17)23-21-18-15-9-6-4-2-1-3-5-7-10-16-18/h8,11-15,21H,1-7,9-10,16H2,(H,20,22)/b18-15-. The summed E-state index contributed by atoms with van der Waals surface area (Å²) >= 11 is 0. The lowest BCUT2D eigenvalue weighted by molar-refractivity contribution is 0.117. The summed E-state index contributed by atoms with van der Waals surface area (Å²) in [5, 5.41) is 2.70. The van der Waals surface area contributed by atoms with E-state index in [1.165, 1.54) is 44.9 Å². The first kappa shape index (κ1) is 17.4. The molecule has 0 radical (unpaired) electrons. The Balaban J connectivity index is 1.77. The van der Waals surface area contributed by atoms with Gasteiger partial charge in [0, 0.05) is 11.4 Å². The van der Waals surface area contributed by atoms with Crippen LogP contribution in [0.4, 0.5) is 10.5 Å². The highest BCUT2D eigenvalue weighted by molar-refractivity contribution is 5.84. The van der Waals surface area contributed by atoms with E-state index in [-0.39, 0.29) is 0 Å². The summed E-state index contributed by atoms with van der Waals surface area (Å²) in [7, 11) is 0. The van der Waals surface area contributed by atoms with Gasteiger partial charge in [-0.3, -0.25) is 5.32 Å². The van der Waals surface area contributed by atoms with E-state index in [2.05, 4.69) is 16.9 Å². The minimum Gasteiger partial charge on any atom is -0.324 e. The minimum atomic E-state index is -0.483. The summed E-state index contributed by atoms with van der Waals surface area (Å²) in [6, 6.07) is 9.31. The van der Waals surface area contributed by atoms with Crippen LogP contribution in [-0.2, 0) is 4.84 Å². The average molecular weight is 316 g/mol. The van der Waals surface area contributed by atoms with Crippen LogP contribution < -0.4 is 10.8 Å². The molecule has 0 atom stereocenters. The van der Waals surface area contributed by atoms with Crippen LogP contribution in [0.5, 0.6) is 0 Å². The number of anilines is 1. The van der Waals surface area contributed by atoms with Gasteiger partial charge in [0.1, 0.15) is 0 Å². The molecule has 2 rings (SSSR count). The van der Waals surface area contributed by atoms with Gasteiger partial charge in [-0.05, 0) is 37.8 Å². The molecule has 0 saturated carbocycles. The molecule has 0 aliphatic heterocycles. The number of allylic oxidation sites excluding steroid dienone is 2. The monoisotopic (exact) mass is 316 g/mol. The maximum atomic E-state index is 11.8. The second-order valence-corrected chi connectivity index (χ2v) is 6.08. The molecule has 23 heavy (non-hydrogen) atoms. The summed E-state index contributed by atoms with van der Waals surface area (Å²) < 4.78 is 0. The summed E-state index contributed by atoms with van der Waals surface area (Å²) in [5.74, 6) is 0. The van der Waals surface area contributed by atoms with Gasteiger partial charge in [0.15, 0.2) is 0 Å². The molecule has 0 bridgehead atoms. The molecule has 0 fully saturated rings. The number of hydrogen-bond donors (Lipinski definition) is 2. The number of carbonyl (C=O) groups excluding carboxylic acids is 1. The van der Waals surface area contributed by atoms with Gasteiger partial charge in [0.2, 0.25) is 0 Å². The van der Waals surface area contributed by atoms with Crippen molar-refractivity contribution >= 4 is 11.8 Å². The van der Waals surface area contributed by atoms with Crippen LogP contribution in [0.1, 0.15) is 64.2 Å². The first-order chi connectivity index (χ1) is 11.3. The van der Waals surface area contributed by atoms with Gasteiger partial charge >= 0.3 is 6.09 Å². The van der Waals surface area contributed by atoms with Gasteiger partial charge in [0.25, 0.3) is 0 Å². The van der Waals surface area contributed by atoms with E-state index in [9.17, 15) is 4.79 Å².